The number of nitrogens with zero attached hydrogens (tertiary/aromatic N) is 4. The molecule has 0 saturated carbocycles. The Kier molecular flexibility index (Phi) is 5.18. The first kappa shape index (κ1) is 19.0. The zero-order valence-electron chi connectivity index (χ0n) is 15.2. The van der Waals surface area contributed by atoms with Crippen LogP contribution in [0.2, 0.25) is 5.02 Å². The molecule has 3 heterocycles. The molecule has 0 unspecified atom stereocenters. The van der Waals surface area contributed by atoms with Gasteiger partial charge in [-0.1, -0.05) is 11.6 Å². The zero-order valence-corrected chi connectivity index (χ0v) is 16.8. The predicted molar refractivity (Wildman–Crippen MR) is 107 cm³/mol. The first-order valence-electron chi connectivity index (χ1n) is 8.86. The predicted octanol–water partition coefficient (Wildman–Crippen LogP) is 2.81. The second-order valence-corrected chi connectivity index (χ2v) is 8.05. The van der Waals surface area contributed by atoms with Crippen LogP contribution in [-0.4, -0.2) is 51.3 Å². The van der Waals surface area contributed by atoms with E-state index in [1.54, 1.807) is 15.4 Å². The van der Waals surface area contributed by atoms with Gasteiger partial charge >= 0.3 is 0 Å². The molecule has 4 rings (SSSR count). The smallest absolute Gasteiger partial charge is 0.259 e. The van der Waals surface area contributed by atoms with Crippen LogP contribution in [0.25, 0.3) is 4.96 Å². The van der Waals surface area contributed by atoms with Gasteiger partial charge in [0, 0.05) is 54.9 Å². The summed E-state index contributed by atoms with van der Waals surface area (Å²) in [5.41, 5.74) is 1.51. The molecule has 0 radical (unpaired) electrons. The first-order valence-corrected chi connectivity index (χ1v) is 10.1. The second kappa shape index (κ2) is 7.62. The van der Waals surface area contributed by atoms with Gasteiger partial charge < -0.3 is 4.90 Å². The topological polar surface area (TPSA) is 57.9 Å². The normalized spacial score (nSPS) is 15.3. The molecular formula is C19H18ClFN4O2S. The van der Waals surface area contributed by atoms with Crippen molar-refractivity contribution in [3.8, 4) is 0 Å². The van der Waals surface area contributed by atoms with Crippen LogP contribution < -0.4 is 5.56 Å². The van der Waals surface area contributed by atoms with Gasteiger partial charge in [0.15, 0.2) is 4.96 Å². The molecule has 2 aromatic heterocycles. The Labute approximate surface area is 169 Å². The van der Waals surface area contributed by atoms with Crippen molar-refractivity contribution in [1.29, 1.82) is 0 Å². The van der Waals surface area contributed by atoms with E-state index in [1.807, 2.05) is 12.3 Å². The van der Waals surface area contributed by atoms with Gasteiger partial charge in [-0.3, -0.25) is 18.9 Å². The molecule has 1 aromatic carbocycles. The van der Waals surface area contributed by atoms with Crippen molar-refractivity contribution >= 4 is 33.8 Å². The first-order chi connectivity index (χ1) is 13.4. The lowest BCUT2D eigenvalue weighted by Crippen LogP contribution is -2.48. The Balaban J connectivity index is 1.42. The van der Waals surface area contributed by atoms with Crippen LogP contribution in [0.4, 0.5) is 4.39 Å². The van der Waals surface area contributed by atoms with E-state index in [-0.39, 0.29) is 17.0 Å². The fourth-order valence-corrected chi connectivity index (χ4v) is 4.41. The van der Waals surface area contributed by atoms with Crippen LogP contribution in [0.15, 0.2) is 34.4 Å². The summed E-state index contributed by atoms with van der Waals surface area (Å²) in [6.07, 6.45) is 0. The lowest BCUT2D eigenvalue weighted by molar-refractivity contribution is 0.0622. The number of hydrogen-bond acceptors (Lipinski definition) is 5. The highest BCUT2D eigenvalue weighted by Gasteiger charge is 2.24. The molecule has 0 bridgehead atoms. The molecule has 6 nitrogen and oxygen atoms in total. The second-order valence-electron chi connectivity index (χ2n) is 6.77. The van der Waals surface area contributed by atoms with Crippen molar-refractivity contribution in [1.82, 2.24) is 19.2 Å². The van der Waals surface area contributed by atoms with E-state index in [9.17, 15) is 14.0 Å². The zero-order chi connectivity index (χ0) is 19.8. The van der Waals surface area contributed by atoms with Gasteiger partial charge in [-0.05, 0) is 25.1 Å². The van der Waals surface area contributed by atoms with Crippen LogP contribution in [0, 0.1) is 12.7 Å². The van der Waals surface area contributed by atoms with Gasteiger partial charge in [0.1, 0.15) is 5.82 Å². The van der Waals surface area contributed by atoms with E-state index in [4.69, 9.17) is 11.6 Å². The summed E-state index contributed by atoms with van der Waals surface area (Å²) in [4.78, 5) is 33.9. The summed E-state index contributed by atoms with van der Waals surface area (Å²) in [6.45, 7) is 4.62. The number of hydrogen-bond donors (Lipinski definition) is 0. The number of amides is 1. The maximum atomic E-state index is 14.0. The van der Waals surface area contributed by atoms with Gasteiger partial charge in [-0.15, -0.1) is 11.3 Å². The maximum absolute atomic E-state index is 14.0. The molecular weight excluding hydrogens is 403 g/mol. The molecule has 0 N–H and O–H groups in total. The largest absolute Gasteiger partial charge is 0.336 e. The number of fused-ring (bicyclic) bond motifs is 1. The van der Waals surface area contributed by atoms with Gasteiger partial charge in [0.25, 0.3) is 11.5 Å². The summed E-state index contributed by atoms with van der Waals surface area (Å²) in [6, 6.07) is 5.55. The van der Waals surface area contributed by atoms with Crippen molar-refractivity contribution in [3.63, 3.8) is 0 Å². The summed E-state index contributed by atoms with van der Waals surface area (Å²) in [7, 11) is 0. The molecule has 1 aliphatic rings. The molecule has 0 aliphatic carbocycles. The van der Waals surface area contributed by atoms with Crippen LogP contribution in [0.3, 0.4) is 0 Å². The standard InChI is InChI=1S/C19H18ClFN4O2S/c1-12-11-28-19-22-14(9-17(26)25(12)19)10-23-4-6-24(7-5-23)18(27)15-8-13(20)2-3-16(15)21/h2-3,8-9,11H,4-7,10H2,1H3. The van der Waals surface area contributed by atoms with Crippen LogP contribution in [0.1, 0.15) is 21.7 Å². The number of benzene rings is 1. The quantitative estimate of drug-likeness (QED) is 0.653. The van der Waals surface area contributed by atoms with E-state index >= 15 is 0 Å². The van der Waals surface area contributed by atoms with Crippen LogP contribution >= 0.6 is 22.9 Å². The molecule has 3 aromatic rings. The fraction of sp³-hybridized carbons (Fsp3) is 0.316. The van der Waals surface area contributed by atoms with Crippen LogP contribution in [0.5, 0.6) is 0 Å². The number of halogens is 2. The number of carbonyl (C=O) groups is 1. The molecule has 1 fully saturated rings. The third kappa shape index (κ3) is 3.67. The average Bonchev–Trinajstić information content (AvgIpc) is 3.05. The van der Waals surface area contributed by atoms with Crippen molar-refractivity contribution in [2.45, 2.75) is 13.5 Å². The minimum atomic E-state index is -0.568. The van der Waals surface area contributed by atoms with E-state index in [0.29, 0.717) is 48.4 Å². The molecule has 1 aliphatic heterocycles. The Morgan fingerprint density at radius 1 is 1.25 bits per heavy atom. The SMILES string of the molecule is Cc1csc2nc(CN3CCN(C(=O)c4cc(Cl)ccc4F)CC3)cc(=O)n12. The third-order valence-corrected chi connectivity index (χ3v) is 6.01. The summed E-state index contributed by atoms with van der Waals surface area (Å²) < 4.78 is 15.6. The van der Waals surface area contributed by atoms with Gasteiger partial charge in [-0.2, -0.15) is 0 Å². The van der Waals surface area contributed by atoms with Gasteiger partial charge in [-0.25, -0.2) is 9.37 Å². The monoisotopic (exact) mass is 420 g/mol. The third-order valence-electron chi connectivity index (χ3n) is 4.83. The van der Waals surface area contributed by atoms with Crippen molar-refractivity contribution in [3.05, 3.63) is 67.8 Å². The molecule has 1 saturated heterocycles. The molecule has 146 valence electrons. The molecule has 0 spiro atoms. The number of thiazole rings is 1. The Hall–Kier alpha value is -2.29. The summed E-state index contributed by atoms with van der Waals surface area (Å²) in [5, 5.41) is 2.24. The summed E-state index contributed by atoms with van der Waals surface area (Å²) >= 11 is 7.33. The van der Waals surface area contributed by atoms with Crippen molar-refractivity contribution in [2.75, 3.05) is 26.2 Å². The average molecular weight is 421 g/mol. The summed E-state index contributed by atoms with van der Waals surface area (Å²) in [5.74, 6) is -0.924. The lowest BCUT2D eigenvalue weighted by atomic mass is 10.1. The van der Waals surface area contributed by atoms with E-state index in [0.717, 1.165) is 5.69 Å². The minimum Gasteiger partial charge on any atom is -0.336 e. The number of piperazine rings is 1. The number of aryl methyl sites for hydroxylation is 1. The van der Waals surface area contributed by atoms with Gasteiger partial charge in [0.05, 0.1) is 11.3 Å². The lowest BCUT2D eigenvalue weighted by Gasteiger charge is -2.34. The Morgan fingerprint density at radius 2 is 2.00 bits per heavy atom. The van der Waals surface area contributed by atoms with Crippen LogP contribution in [-0.2, 0) is 6.54 Å². The molecule has 1 amide bonds. The highest BCUT2D eigenvalue weighted by atomic mass is 35.5. The number of rotatable bonds is 3. The van der Waals surface area contributed by atoms with Crippen molar-refractivity contribution < 1.29 is 9.18 Å². The highest BCUT2D eigenvalue weighted by molar-refractivity contribution is 7.15. The highest BCUT2D eigenvalue weighted by Crippen LogP contribution is 2.18. The van der Waals surface area contributed by atoms with Crippen molar-refractivity contribution in [2.24, 2.45) is 0 Å². The number of carbonyl (C=O) groups excluding carboxylic acids is 1. The maximum Gasteiger partial charge on any atom is 0.259 e. The van der Waals surface area contributed by atoms with Gasteiger partial charge in [0.2, 0.25) is 0 Å². The molecule has 0 atom stereocenters. The van der Waals surface area contributed by atoms with E-state index in [1.165, 1.54) is 29.5 Å². The fourth-order valence-electron chi connectivity index (χ4n) is 3.35. The Morgan fingerprint density at radius 3 is 2.75 bits per heavy atom. The molecule has 28 heavy (non-hydrogen) atoms. The van der Waals surface area contributed by atoms with E-state index < -0.39 is 5.82 Å². The van der Waals surface area contributed by atoms with E-state index in [2.05, 4.69) is 9.88 Å². The number of aromatic nitrogens is 2. The Bertz CT molecular complexity index is 1100. The minimum absolute atomic E-state index is 0.00541. The molecule has 9 heteroatoms.